The van der Waals surface area contributed by atoms with Crippen molar-refractivity contribution in [3.05, 3.63) is 76.2 Å². The molecule has 1 fully saturated rings. The average Bonchev–Trinajstić information content (AvgIpc) is 3.21. The van der Waals surface area contributed by atoms with Crippen molar-refractivity contribution in [3.63, 3.8) is 0 Å². The van der Waals surface area contributed by atoms with Crippen LogP contribution in [0.3, 0.4) is 0 Å². The van der Waals surface area contributed by atoms with E-state index in [2.05, 4.69) is 15.7 Å². The van der Waals surface area contributed by atoms with E-state index in [1.54, 1.807) is 12.1 Å². The van der Waals surface area contributed by atoms with Crippen molar-refractivity contribution < 1.29 is 14.7 Å². The number of nitrogens with one attached hydrogen (secondary N) is 2. The first-order valence-corrected chi connectivity index (χ1v) is 9.79. The van der Waals surface area contributed by atoms with Crippen LogP contribution in [-0.4, -0.2) is 45.4 Å². The van der Waals surface area contributed by atoms with E-state index < -0.39 is 12.0 Å². The Morgan fingerprint density at radius 3 is 2.50 bits per heavy atom. The summed E-state index contributed by atoms with van der Waals surface area (Å²) in [7, 11) is 0. The highest BCUT2D eigenvalue weighted by Gasteiger charge is 2.30. The highest BCUT2D eigenvalue weighted by molar-refractivity contribution is 5.84. The number of carbonyl (C=O) groups is 2. The molecule has 0 aliphatic carbocycles. The Bertz CT molecular complexity index is 1140. The number of carboxylic acids is 1. The number of aromatic nitrogens is 2. The number of rotatable bonds is 6. The first-order chi connectivity index (χ1) is 14.5. The minimum Gasteiger partial charge on any atom is -0.480 e. The molecule has 0 saturated carbocycles. The summed E-state index contributed by atoms with van der Waals surface area (Å²) < 4.78 is 1.19. The summed E-state index contributed by atoms with van der Waals surface area (Å²) in [6, 6.07) is 16.1. The Balaban J connectivity index is 1.58. The molecule has 2 atom stereocenters. The van der Waals surface area contributed by atoms with Gasteiger partial charge in [0.05, 0.1) is 11.1 Å². The van der Waals surface area contributed by atoms with Gasteiger partial charge in [0.15, 0.2) is 0 Å². The lowest BCUT2D eigenvalue weighted by atomic mass is 10.0. The van der Waals surface area contributed by atoms with Gasteiger partial charge in [-0.3, -0.25) is 14.4 Å². The molecule has 0 spiro atoms. The third-order valence-electron chi connectivity index (χ3n) is 5.25. The van der Waals surface area contributed by atoms with E-state index in [1.807, 2.05) is 42.5 Å². The van der Waals surface area contributed by atoms with E-state index in [4.69, 9.17) is 5.11 Å². The molecule has 0 bridgehead atoms. The Morgan fingerprint density at radius 2 is 1.80 bits per heavy atom. The molecular weight excluding hydrogens is 384 g/mol. The number of hydrogen-bond donors (Lipinski definition) is 3. The van der Waals surface area contributed by atoms with Crippen LogP contribution in [0.25, 0.3) is 10.8 Å². The fraction of sp³-hybridized carbons (Fsp3) is 0.273. The van der Waals surface area contributed by atoms with Crippen LogP contribution >= 0.6 is 0 Å². The van der Waals surface area contributed by atoms with Gasteiger partial charge in [0.25, 0.3) is 5.56 Å². The van der Waals surface area contributed by atoms with Crippen molar-refractivity contribution in [2.45, 2.75) is 31.5 Å². The molecule has 1 saturated heterocycles. The van der Waals surface area contributed by atoms with Gasteiger partial charge in [0.1, 0.15) is 12.6 Å². The second-order valence-corrected chi connectivity index (χ2v) is 7.42. The lowest BCUT2D eigenvalue weighted by Crippen LogP contribution is -2.40. The molecule has 3 N–H and O–H groups in total. The van der Waals surface area contributed by atoms with Gasteiger partial charge < -0.3 is 15.7 Å². The maximum absolute atomic E-state index is 12.9. The quantitative estimate of drug-likeness (QED) is 0.561. The molecule has 2 aromatic carbocycles. The van der Waals surface area contributed by atoms with Gasteiger partial charge in [0, 0.05) is 24.4 Å². The van der Waals surface area contributed by atoms with E-state index in [1.165, 1.54) is 4.68 Å². The fourth-order valence-corrected chi connectivity index (χ4v) is 3.78. The summed E-state index contributed by atoms with van der Waals surface area (Å²) in [6.07, 6.45) is 0.844. The third kappa shape index (κ3) is 4.23. The molecule has 1 aliphatic heterocycles. The monoisotopic (exact) mass is 406 g/mol. The standard InChI is InChI=1S/C22H22N4O4/c27-20(24-15-11-19(22(29)30)23-12-15)13-26-21(28)17-9-5-4-8-16(17)18(25-26)10-14-6-2-1-3-7-14/h1-9,15,19,23H,10-13H2,(H,24,27)(H,29,30)/t15-,19-/m0/s1. The second-order valence-electron chi connectivity index (χ2n) is 7.42. The number of hydrogen-bond acceptors (Lipinski definition) is 5. The van der Waals surface area contributed by atoms with Gasteiger partial charge >= 0.3 is 5.97 Å². The van der Waals surface area contributed by atoms with E-state index in [-0.39, 0.29) is 24.1 Å². The summed E-state index contributed by atoms with van der Waals surface area (Å²) >= 11 is 0. The number of fused-ring (bicyclic) bond motifs is 1. The van der Waals surface area contributed by atoms with Crippen LogP contribution in [0, 0.1) is 0 Å². The normalized spacial score (nSPS) is 18.4. The predicted molar refractivity (Wildman–Crippen MR) is 111 cm³/mol. The number of amides is 1. The van der Waals surface area contributed by atoms with Crippen LogP contribution in [0.2, 0.25) is 0 Å². The van der Waals surface area contributed by atoms with Crippen LogP contribution < -0.4 is 16.2 Å². The molecule has 8 heteroatoms. The number of aliphatic carboxylic acids is 1. The molecule has 0 unspecified atom stereocenters. The van der Waals surface area contributed by atoms with Crippen LogP contribution in [0.4, 0.5) is 0 Å². The summed E-state index contributed by atoms with van der Waals surface area (Å²) in [6.45, 7) is 0.154. The lowest BCUT2D eigenvalue weighted by molar-refractivity contribution is -0.139. The zero-order chi connectivity index (χ0) is 21.1. The Morgan fingerprint density at radius 1 is 1.10 bits per heavy atom. The van der Waals surface area contributed by atoms with E-state index in [9.17, 15) is 14.4 Å². The van der Waals surface area contributed by atoms with Gasteiger partial charge in [-0.25, -0.2) is 4.68 Å². The van der Waals surface area contributed by atoms with Crippen LogP contribution in [0.15, 0.2) is 59.4 Å². The van der Waals surface area contributed by atoms with Gasteiger partial charge in [0.2, 0.25) is 5.91 Å². The maximum atomic E-state index is 12.9. The summed E-state index contributed by atoms with van der Waals surface area (Å²) in [5.41, 5.74) is 1.45. The Kier molecular flexibility index (Phi) is 5.58. The SMILES string of the molecule is O=C(Cn1nc(Cc2ccccc2)c2ccccc2c1=O)N[C@@H]1CN[C@H](C(=O)O)C1. The molecule has 0 radical (unpaired) electrons. The zero-order valence-corrected chi connectivity index (χ0v) is 16.2. The highest BCUT2D eigenvalue weighted by atomic mass is 16.4. The molecule has 2 heterocycles. The van der Waals surface area contributed by atoms with Crippen molar-refractivity contribution in [1.29, 1.82) is 0 Å². The third-order valence-corrected chi connectivity index (χ3v) is 5.25. The number of carboxylic acid groups (broad SMARTS) is 1. The van der Waals surface area contributed by atoms with Crippen molar-refractivity contribution in [2.24, 2.45) is 0 Å². The van der Waals surface area contributed by atoms with Crippen molar-refractivity contribution in [2.75, 3.05) is 6.54 Å². The lowest BCUT2D eigenvalue weighted by Gasteiger charge is -2.14. The topological polar surface area (TPSA) is 113 Å². The number of benzene rings is 2. The number of carbonyl (C=O) groups excluding carboxylic acids is 1. The van der Waals surface area contributed by atoms with Crippen molar-refractivity contribution >= 4 is 22.6 Å². The average molecular weight is 406 g/mol. The molecule has 8 nitrogen and oxygen atoms in total. The van der Waals surface area contributed by atoms with Gasteiger partial charge in [-0.05, 0) is 18.1 Å². The van der Waals surface area contributed by atoms with E-state index in [0.717, 1.165) is 16.6 Å². The number of nitrogens with zero attached hydrogens (tertiary/aromatic N) is 2. The van der Waals surface area contributed by atoms with Gasteiger partial charge in [-0.2, -0.15) is 5.10 Å². The second kappa shape index (κ2) is 8.46. The largest absolute Gasteiger partial charge is 0.480 e. The van der Waals surface area contributed by atoms with Gasteiger partial charge in [-0.1, -0.05) is 48.5 Å². The van der Waals surface area contributed by atoms with Crippen LogP contribution in [0.1, 0.15) is 17.7 Å². The Hall–Kier alpha value is -3.52. The molecule has 3 aromatic rings. The van der Waals surface area contributed by atoms with Crippen molar-refractivity contribution in [3.8, 4) is 0 Å². The molecule has 30 heavy (non-hydrogen) atoms. The highest BCUT2D eigenvalue weighted by Crippen LogP contribution is 2.17. The predicted octanol–water partition coefficient (Wildman–Crippen LogP) is 0.919. The molecule has 1 aromatic heterocycles. The van der Waals surface area contributed by atoms with E-state index >= 15 is 0 Å². The smallest absolute Gasteiger partial charge is 0.320 e. The first-order valence-electron chi connectivity index (χ1n) is 9.79. The summed E-state index contributed by atoms with van der Waals surface area (Å²) in [5, 5.41) is 20.5. The van der Waals surface area contributed by atoms with Crippen LogP contribution in [-0.2, 0) is 22.6 Å². The molecule has 154 valence electrons. The van der Waals surface area contributed by atoms with Gasteiger partial charge in [-0.15, -0.1) is 0 Å². The molecular formula is C22H22N4O4. The fourth-order valence-electron chi connectivity index (χ4n) is 3.78. The summed E-state index contributed by atoms with van der Waals surface area (Å²) in [4.78, 5) is 36.4. The molecule has 1 amide bonds. The minimum atomic E-state index is -0.940. The Labute approximate surface area is 172 Å². The van der Waals surface area contributed by atoms with E-state index in [0.29, 0.717) is 24.8 Å². The zero-order valence-electron chi connectivity index (χ0n) is 16.2. The minimum absolute atomic E-state index is 0.223. The molecule has 4 rings (SSSR count). The summed E-state index contributed by atoms with van der Waals surface area (Å²) in [5.74, 6) is -1.31. The van der Waals surface area contributed by atoms with Crippen molar-refractivity contribution in [1.82, 2.24) is 20.4 Å². The molecule has 1 aliphatic rings. The first kappa shape index (κ1) is 19.8. The van der Waals surface area contributed by atoms with Crippen LogP contribution in [0.5, 0.6) is 0 Å². The maximum Gasteiger partial charge on any atom is 0.320 e.